The first kappa shape index (κ1) is 20.3. The van der Waals surface area contributed by atoms with E-state index in [0.29, 0.717) is 55.2 Å². The Morgan fingerprint density at radius 3 is 2.68 bits per heavy atom. The lowest BCUT2D eigenvalue weighted by molar-refractivity contribution is -0.137. The van der Waals surface area contributed by atoms with E-state index in [9.17, 15) is 18.0 Å². The monoisotopic (exact) mass is 453 g/mol. The Kier molecular flexibility index (Phi) is 4.74. The summed E-state index contributed by atoms with van der Waals surface area (Å²) in [5.41, 5.74) is 6.56. The van der Waals surface area contributed by atoms with Crippen molar-refractivity contribution in [3.05, 3.63) is 45.9 Å². The molecule has 1 aliphatic carbocycles. The third-order valence-electron chi connectivity index (χ3n) is 6.11. The van der Waals surface area contributed by atoms with E-state index in [2.05, 4.69) is 15.3 Å². The van der Waals surface area contributed by atoms with E-state index in [4.69, 9.17) is 22.1 Å². The molecular weight excluding hydrogens is 435 g/mol. The molecule has 2 fully saturated rings. The summed E-state index contributed by atoms with van der Waals surface area (Å²) < 4.78 is 44.5. The van der Waals surface area contributed by atoms with Crippen LogP contribution >= 0.6 is 11.6 Å². The second-order valence-corrected chi connectivity index (χ2v) is 8.50. The van der Waals surface area contributed by atoms with Crippen LogP contribution in [0, 0.1) is 17.8 Å². The zero-order valence-corrected chi connectivity index (χ0v) is 17.0. The van der Waals surface area contributed by atoms with E-state index in [1.54, 1.807) is 4.90 Å². The molecule has 3 heterocycles. The second kappa shape index (κ2) is 7.23. The van der Waals surface area contributed by atoms with Crippen molar-refractivity contribution >= 4 is 29.0 Å². The molecule has 31 heavy (non-hydrogen) atoms. The number of carbonyl (C=O) groups excluding carboxylic acids is 1. The number of halogens is 4. The van der Waals surface area contributed by atoms with Gasteiger partial charge in [0.25, 0.3) is 0 Å². The van der Waals surface area contributed by atoms with Crippen molar-refractivity contribution in [3.8, 4) is 0 Å². The maximum Gasteiger partial charge on any atom is 0.416 e. The summed E-state index contributed by atoms with van der Waals surface area (Å²) in [5, 5.41) is 3.05. The Morgan fingerprint density at radius 2 is 1.97 bits per heavy atom. The molecule has 2 aliphatic heterocycles. The molecule has 5 rings (SSSR count). The molecule has 1 saturated carbocycles. The molecule has 1 aromatic carbocycles. The van der Waals surface area contributed by atoms with Crippen LogP contribution < -0.4 is 11.1 Å². The molecule has 0 spiro atoms. The maximum atomic E-state index is 13.1. The molecule has 2 aromatic rings. The Morgan fingerprint density at radius 1 is 1.23 bits per heavy atom. The predicted octanol–water partition coefficient (Wildman–Crippen LogP) is 3.08. The zero-order valence-electron chi connectivity index (χ0n) is 16.2. The van der Waals surface area contributed by atoms with Gasteiger partial charge in [-0.15, -0.1) is 0 Å². The van der Waals surface area contributed by atoms with Crippen LogP contribution in [0.25, 0.3) is 0 Å². The predicted molar refractivity (Wildman–Crippen MR) is 106 cm³/mol. The number of fused-ring (bicyclic) bond motifs is 2. The summed E-state index contributed by atoms with van der Waals surface area (Å²) >= 11 is 6.05. The van der Waals surface area contributed by atoms with Crippen LogP contribution in [0.15, 0.2) is 18.2 Å². The first-order chi connectivity index (χ1) is 14.7. The largest absolute Gasteiger partial charge is 0.416 e. The minimum atomic E-state index is -4.49. The van der Waals surface area contributed by atoms with Crippen LogP contribution in [0.4, 0.5) is 24.7 Å². The van der Waals surface area contributed by atoms with Gasteiger partial charge in [-0.1, -0.05) is 0 Å². The van der Waals surface area contributed by atoms with Crippen molar-refractivity contribution in [2.24, 2.45) is 17.8 Å². The van der Waals surface area contributed by atoms with Gasteiger partial charge in [0, 0.05) is 23.7 Å². The summed E-state index contributed by atoms with van der Waals surface area (Å²) in [6.07, 6.45) is -4.49. The van der Waals surface area contributed by atoms with Crippen molar-refractivity contribution in [1.29, 1.82) is 0 Å². The van der Waals surface area contributed by atoms with Gasteiger partial charge in [-0.3, -0.25) is 4.79 Å². The van der Waals surface area contributed by atoms with Gasteiger partial charge in [0.05, 0.1) is 37.6 Å². The molecular formula is C20H19ClF3N5O2. The molecule has 1 aromatic heterocycles. The van der Waals surface area contributed by atoms with Crippen LogP contribution in [0.2, 0.25) is 5.28 Å². The molecule has 11 heteroatoms. The first-order valence-corrected chi connectivity index (χ1v) is 10.2. The number of nitrogen functional groups attached to an aromatic ring is 1. The molecule has 0 radical (unpaired) electrons. The van der Waals surface area contributed by atoms with Crippen LogP contribution in [0.1, 0.15) is 22.4 Å². The van der Waals surface area contributed by atoms with Crippen LogP contribution in [0.3, 0.4) is 0 Å². The first-order valence-electron chi connectivity index (χ1n) is 9.83. The minimum Gasteiger partial charge on any atom is -0.399 e. The SMILES string of the molecule is Nc1cc(CNc2nc(Cl)nc3c2CN(C(=O)C2C4COCC42)C3)cc(C(F)(F)F)c1. The highest BCUT2D eigenvalue weighted by Crippen LogP contribution is 2.52. The summed E-state index contributed by atoms with van der Waals surface area (Å²) in [5.74, 6) is 1.07. The minimum absolute atomic E-state index is 0.00372. The summed E-state index contributed by atoms with van der Waals surface area (Å²) in [7, 11) is 0. The lowest BCUT2D eigenvalue weighted by Gasteiger charge is -2.16. The number of carbonyl (C=O) groups is 1. The summed E-state index contributed by atoms with van der Waals surface area (Å²) in [6, 6.07) is 3.40. The highest BCUT2D eigenvalue weighted by Gasteiger charge is 2.59. The molecule has 3 aliphatic rings. The number of aromatic nitrogens is 2. The fraction of sp³-hybridized carbons (Fsp3) is 0.450. The maximum absolute atomic E-state index is 13.1. The summed E-state index contributed by atoms with van der Waals surface area (Å²) in [6.45, 7) is 1.97. The van der Waals surface area contributed by atoms with Gasteiger partial charge in [-0.2, -0.15) is 13.2 Å². The Labute approximate surface area is 180 Å². The van der Waals surface area contributed by atoms with E-state index in [-0.39, 0.29) is 29.3 Å². The zero-order chi connectivity index (χ0) is 21.9. The smallest absolute Gasteiger partial charge is 0.399 e. The van der Waals surface area contributed by atoms with Gasteiger partial charge in [-0.05, 0) is 47.2 Å². The normalized spacial score (nSPS) is 24.1. The van der Waals surface area contributed by atoms with Crippen molar-refractivity contribution in [2.75, 3.05) is 24.3 Å². The van der Waals surface area contributed by atoms with Crippen molar-refractivity contribution in [2.45, 2.75) is 25.8 Å². The Bertz CT molecular complexity index is 1050. The van der Waals surface area contributed by atoms with Gasteiger partial charge < -0.3 is 20.7 Å². The van der Waals surface area contributed by atoms with E-state index < -0.39 is 11.7 Å². The fourth-order valence-electron chi connectivity index (χ4n) is 4.51. The fourth-order valence-corrected chi connectivity index (χ4v) is 4.70. The topological polar surface area (TPSA) is 93.4 Å². The van der Waals surface area contributed by atoms with Gasteiger partial charge in [0.15, 0.2) is 0 Å². The summed E-state index contributed by atoms with van der Waals surface area (Å²) in [4.78, 5) is 23.0. The van der Waals surface area contributed by atoms with Crippen LogP contribution in [-0.2, 0) is 35.3 Å². The number of hydrogen-bond donors (Lipinski definition) is 2. The van der Waals surface area contributed by atoms with Crippen molar-refractivity contribution < 1.29 is 22.7 Å². The lowest BCUT2D eigenvalue weighted by atomic mass is 10.1. The molecule has 0 bridgehead atoms. The van der Waals surface area contributed by atoms with Crippen LogP contribution in [0.5, 0.6) is 0 Å². The number of nitrogens with two attached hydrogens (primary N) is 1. The third-order valence-corrected chi connectivity index (χ3v) is 6.28. The lowest BCUT2D eigenvalue weighted by Crippen LogP contribution is -2.29. The van der Waals surface area contributed by atoms with E-state index in [1.165, 1.54) is 6.07 Å². The van der Waals surface area contributed by atoms with Gasteiger partial charge in [0.1, 0.15) is 5.82 Å². The molecule has 2 atom stereocenters. The number of nitrogens with zero attached hydrogens (tertiary/aromatic N) is 3. The number of hydrogen-bond acceptors (Lipinski definition) is 6. The third kappa shape index (κ3) is 3.78. The van der Waals surface area contributed by atoms with E-state index in [1.807, 2.05) is 0 Å². The van der Waals surface area contributed by atoms with Crippen molar-refractivity contribution in [1.82, 2.24) is 14.9 Å². The highest BCUT2D eigenvalue weighted by atomic mass is 35.5. The Hall–Kier alpha value is -2.59. The van der Waals surface area contributed by atoms with Gasteiger partial charge >= 0.3 is 6.18 Å². The second-order valence-electron chi connectivity index (χ2n) is 8.17. The number of amides is 1. The average molecular weight is 454 g/mol. The van der Waals surface area contributed by atoms with Crippen LogP contribution in [-0.4, -0.2) is 34.0 Å². The molecule has 2 unspecified atom stereocenters. The highest BCUT2D eigenvalue weighted by molar-refractivity contribution is 6.28. The molecule has 164 valence electrons. The van der Waals surface area contributed by atoms with Gasteiger partial charge in [-0.25, -0.2) is 9.97 Å². The molecule has 7 nitrogen and oxygen atoms in total. The number of ether oxygens (including phenoxy) is 1. The molecule has 1 saturated heterocycles. The number of nitrogens with one attached hydrogen (secondary N) is 1. The molecule has 1 amide bonds. The molecule has 3 N–H and O–H groups in total. The number of rotatable bonds is 4. The quantitative estimate of drug-likeness (QED) is 0.546. The van der Waals surface area contributed by atoms with E-state index >= 15 is 0 Å². The van der Waals surface area contributed by atoms with E-state index in [0.717, 1.165) is 17.7 Å². The number of alkyl halides is 3. The number of benzene rings is 1. The van der Waals surface area contributed by atoms with Crippen molar-refractivity contribution in [3.63, 3.8) is 0 Å². The number of anilines is 2. The standard InChI is InChI=1S/C20H19ClF3N5O2/c21-19-27-15-6-29(18(30)16-13-7-31-8-14(13)16)5-12(15)17(28-19)26-4-9-1-10(20(22,23)24)3-11(25)2-9/h1-3,13-14,16H,4-8,25H2,(H,26,27,28). The Balaban J connectivity index is 1.32. The average Bonchev–Trinajstić information content (AvgIpc) is 3.04. The van der Waals surface area contributed by atoms with Gasteiger partial charge in [0.2, 0.25) is 11.2 Å².